The van der Waals surface area contributed by atoms with Gasteiger partial charge in [-0.3, -0.25) is 0 Å². The molecule has 0 atom stereocenters. The van der Waals surface area contributed by atoms with Crippen molar-refractivity contribution < 1.29 is 24.0 Å². The normalized spacial score (nSPS) is 11.3. The Balaban J connectivity index is -0.000000526. The van der Waals surface area contributed by atoms with Crippen LogP contribution in [-0.2, 0) is 0 Å². The summed E-state index contributed by atoms with van der Waals surface area (Å²) in [5.74, 6) is 0. The second-order valence-electron chi connectivity index (χ2n) is 10.8. The summed E-state index contributed by atoms with van der Waals surface area (Å²) in [5, 5.41) is 16.7. The van der Waals surface area contributed by atoms with E-state index in [1.165, 1.54) is 151 Å². The number of rotatable bonds is 22. The number of hydrogen-bond acceptors (Lipinski definition) is 3. The highest BCUT2D eigenvalue weighted by Crippen LogP contribution is 2.16. The summed E-state index contributed by atoms with van der Waals surface area (Å²) < 4.78 is 2.82. The van der Waals surface area contributed by atoms with Gasteiger partial charge in [0.25, 0.3) is 0 Å². The van der Waals surface area contributed by atoms with Crippen LogP contribution in [0.2, 0.25) is 0 Å². The van der Waals surface area contributed by atoms with Gasteiger partial charge in [0.05, 0.1) is 52.4 Å². The maximum absolute atomic E-state index is 8.33. The van der Waals surface area contributed by atoms with Gasteiger partial charge in [-0.25, -0.2) is 0 Å². The molecule has 0 saturated heterocycles. The molecule has 0 fully saturated rings. The number of carbonyl (C=O) groups is 1. The molecule has 0 bridgehead atoms. The SMILES string of the molecule is CCCC[N+](CCC)(CCCC)CCCC.CCCC[N+](CCC)(CCCC)CCCC.O=C([O-])[O-]. The van der Waals surface area contributed by atoms with Gasteiger partial charge in [0.15, 0.2) is 0 Å². The summed E-state index contributed by atoms with van der Waals surface area (Å²) in [5.41, 5.74) is 0. The topological polar surface area (TPSA) is 63.2 Å². The first-order chi connectivity index (χ1) is 17.2. The molecular weight excluding hydrogens is 448 g/mol. The second-order valence-corrected chi connectivity index (χ2v) is 10.8. The molecule has 0 spiro atoms. The third kappa shape index (κ3) is 24.9. The molecule has 5 nitrogen and oxygen atoms in total. The van der Waals surface area contributed by atoms with Crippen molar-refractivity contribution in [3.63, 3.8) is 0 Å². The zero-order valence-electron chi connectivity index (χ0n) is 26.2. The van der Waals surface area contributed by atoms with E-state index in [2.05, 4.69) is 55.4 Å². The van der Waals surface area contributed by atoms with Crippen LogP contribution in [0.5, 0.6) is 0 Å². The lowest BCUT2D eigenvalue weighted by Gasteiger charge is -2.39. The molecule has 0 unspecified atom stereocenters. The molecule has 0 N–H and O–H groups in total. The van der Waals surface area contributed by atoms with E-state index in [0.29, 0.717) is 0 Å². The van der Waals surface area contributed by atoms with Gasteiger partial charge in [-0.15, -0.1) is 0 Å². The van der Waals surface area contributed by atoms with E-state index >= 15 is 0 Å². The zero-order chi connectivity index (χ0) is 28.1. The summed E-state index contributed by atoms with van der Waals surface area (Å²) in [6.45, 7) is 29.9. The lowest BCUT2D eigenvalue weighted by molar-refractivity contribution is -0.928. The molecule has 0 aliphatic carbocycles. The van der Waals surface area contributed by atoms with Gasteiger partial charge in [-0.05, 0) is 57.5 Å². The van der Waals surface area contributed by atoms with E-state index in [0.717, 1.165) is 0 Å². The Bertz CT molecular complexity index is 362. The Labute approximate surface area is 227 Å². The molecule has 220 valence electrons. The molecule has 36 heavy (non-hydrogen) atoms. The summed E-state index contributed by atoms with van der Waals surface area (Å²) >= 11 is 0. The highest BCUT2D eigenvalue weighted by Gasteiger charge is 2.25. The molecule has 5 heteroatoms. The minimum absolute atomic E-state index is 1.34. The number of hydrogen-bond donors (Lipinski definition) is 0. The van der Waals surface area contributed by atoms with Gasteiger partial charge in [-0.1, -0.05) is 93.9 Å². The van der Waals surface area contributed by atoms with Crippen LogP contribution in [0.25, 0.3) is 0 Å². The van der Waals surface area contributed by atoms with Crippen LogP contribution in [0.4, 0.5) is 4.79 Å². The molecule has 0 aliphatic heterocycles. The highest BCUT2D eigenvalue weighted by molar-refractivity contribution is 5.47. The monoisotopic (exact) mass is 517 g/mol. The van der Waals surface area contributed by atoms with E-state index in [1.54, 1.807) is 0 Å². The van der Waals surface area contributed by atoms with Crippen molar-refractivity contribution in [3.05, 3.63) is 0 Å². The molecule has 0 aromatic rings. The van der Waals surface area contributed by atoms with Crippen molar-refractivity contribution in [1.29, 1.82) is 0 Å². The average Bonchev–Trinajstić information content (AvgIpc) is 2.86. The van der Waals surface area contributed by atoms with E-state index < -0.39 is 6.16 Å². The van der Waals surface area contributed by atoms with Crippen LogP contribution in [0.15, 0.2) is 0 Å². The van der Waals surface area contributed by atoms with Crippen LogP contribution >= 0.6 is 0 Å². The van der Waals surface area contributed by atoms with Crippen molar-refractivity contribution in [3.8, 4) is 0 Å². The predicted octanol–water partition coefficient (Wildman–Crippen LogP) is 6.78. The van der Waals surface area contributed by atoms with Gasteiger partial charge >= 0.3 is 0 Å². The first-order valence-electron chi connectivity index (χ1n) is 15.8. The van der Waals surface area contributed by atoms with Crippen molar-refractivity contribution in [2.24, 2.45) is 0 Å². The molecule has 0 amide bonds. The van der Waals surface area contributed by atoms with Crippen molar-refractivity contribution in [2.45, 2.75) is 145 Å². The van der Waals surface area contributed by atoms with Crippen LogP contribution in [0, 0.1) is 0 Å². The molecule has 0 aromatic heterocycles. The summed E-state index contributed by atoms with van der Waals surface area (Å²) in [4.78, 5) is 8.33. The third-order valence-electron chi connectivity index (χ3n) is 7.31. The van der Waals surface area contributed by atoms with Crippen LogP contribution in [0.1, 0.15) is 145 Å². The van der Waals surface area contributed by atoms with Gasteiger partial charge < -0.3 is 24.0 Å². The zero-order valence-corrected chi connectivity index (χ0v) is 26.2. The fourth-order valence-corrected chi connectivity index (χ4v) is 5.25. The van der Waals surface area contributed by atoms with Crippen LogP contribution in [0.3, 0.4) is 0 Å². The minimum atomic E-state index is -2.33. The molecule has 0 saturated carbocycles. The third-order valence-corrected chi connectivity index (χ3v) is 7.31. The van der Waals surface area contributed by atoms with Crippen LogP contribution < -0.4 is 10.2 Å². The predicted molar refractivity (Wildman–Crippen MR) is 155 cm³/mol. The maximum Gasteiger partial charge on any atom is 0.0786 e. The highest BCUT2D eigenvalue weighted by atomic mass is 16.6. The number of nitrogens with zero attached hydrogens (tertiary/aromatic N) is 2. The first-order valence-corrected chi connectivity index (χ1v) is 15.8. The van der Waals surface area contributed by atoms with Crippen molar-refractivity contribution in [1.82, 2.24) is 0 Å². The van der Waals surface area contributed by atoms with E-state index in [-0.39, 0.29) is 0 Å². The molecule has 0 aromatic carbocycles. The van der Waals surface area contributed by atoms with Gasteiger partial charge in [-0.2, -0.15) is 0 Å². The average molecular weight is 517 g/mol. The number of quaternary nitrogens is 2. The van der Waals surface area contributed by atoms with E-state index in [4.69, 9.17) is 15.0 Å². The Hall–Kier alpha value is -0.810. The van der Waals surface area contributed by atoms with Crippen molar-refractivity contribution in [2.75, 3.05) is 52.4 Å². The minimum Gasteiger partial charge on any atom is -0.652 e. The lowest BCUT2D eigenvalue weighted by Crippen LogP contribution is -2.50. The second kappa shape index (κ2) is 28.8. The quantitative estimate of drug-likeness (QED) is 0.149. The van der Waals surface area contributed by atoms with Gasteiger partial charge in [0, 0.05) is 0 Å². The van der Waals surface area contributed by atoms with E-state index in [9.17, 15) is 0 Å². The fourth-order valence-electron chi connectivity index (χ4n) is 5.25. The Kier molecular flexibility index (Phi) is 31.7. The number of carbonyl (C=O) groups excluding carboxylic acids is 1. The molecule has 0 heterocycles. The van der Waals surface area contributed by atoms with Gasteiger partial charge in [0.1, 0.15) is 0 Å². The first kappa shape index (κ1) is 39.7. The number of carboxylic acid groups (broad SMARTS) is 2. The van der Waals surface area contributed by atoms with E-state index in [1.807, 2.05) is 0 Å². The summed E-state index contributed by atoms with van der Waals surface area (Å²) in [6, 6.07) is 0. The molecule has 0 aliphatic rings. The Morgan fingerprint density at radius 2 is 0.556 bits per heavy atom. The standard InChI is InChI=1S/2C15H34N.CH2O3/c2*1-5-9-13-16(12-8-4,14-10-6-2)15-11-7-3;2-1(3)4/h2*5-15H2,1-4H3;(H2,2,3,4)/q2*+1;/p-2. The Morgan fingerprint density at radius 1 is 0.389 bits per heavy atom. The van der Waals surface area contributed by atoms with Crippen LogP contribution in [-0.4, -0.2) is 67.5 Å². The maximum atomic E-state index is 8.33. The molecular formula is C31H68N2O3. The lowest BCUT2D eigenvalue weighted by atomic mass is 10.1. The summed E-state index contributed by atoms with van der Waals surface area (Å²) in [7, 11) is 0. The molecule has 0 rings (SSSR count). The molecule has 0 radical (unpaired) electrons. The Morgan fingerprint density at radius 3 is 0.667 bits per heavy atom. The number of unbranched alkanes of at least 4 members (excludes halogenated alkanes) is 6. The fraction of sp³-hybridized carbons (Fsp3) is 0.968. The van der Waals surface area contributed by atoms with Gasteiger partial charge in [0.2, 0.25) is 0 Å². The smallest absolute Gasteiger partial charge is 0.0786 e. The summed E-state index contributed by atoms with van der Waals surface area (Å²) in [6.07, 6.45) is 16.9. The largest absolute Gasteiger partial charge is 0.652 e. The van der Waals surface area contributed by atoms with Crippen molar-refractivity contribution >= 4 is 6.16 Å².